The van der Waals surface area contributed by atoms with E-state index >= 15 is 0 Å². The third-order valence-electron chi connectivity index (χ3n) is 16.1. The van der Waals surface area contributed by atoms with Crippen LogP contribution < -0.4 is 0 Å². The van der Waals surface area contributed by atoms with Gasteiger partial charge in [-0.25, -0.2) is 0 Å². The molecule has 464 valence electrons. The first-order valence-corrected chi connectivity index (χ1v) is 35.5. The highest BCUT2D eigenvalue weighted by Crippen LogP contribution is 2.18. The van der Waals surface area contributed by atoms with E-state index in [0.717, 1.165) is 64.2 Å². The lowest BCUT2D eigenvalue weighted by atomic mass is 10.0. The largest absolute Gasteiger partial charge is 0.462 e. The van der Waals surface area contributed by atoms with Crippen molar-refractivity contribution in [2.75, 3.05) is 13.2 Å². The van der Waals surface area contributed by atoms with Crippen LogP contribution in [0.25, 0.3) is 0 Å². The Kier molecular flexibility index (Phi) is 66.1. The summed E-state index contributed by atoms with van der Waals surface area (Å²) in [7, 11) is 0. The number of hydrogen-bond donors (Lipinski definition) is 0. The Labute approximate surface area is 493 Å². The first kappa shape index (κ1) is 76.6. The van der Waals surface area contributed by atoms with Gasteiger partial charge in [0.05, 0.1) is 0 Å². The molecule has 1 atom stereocenters. The van der Waals surface area contributed by atoms with Gasteiger partial charge < -0.3 is 14.2 Å². The minimum Gasteiger partial charge on any atom is -0.462 e. The van der Waals surface area contributed by atoms with Gasteiger partial charge in [0, 0.05) is 19.3 Å². The highest BCUT2D eigenvalue weighted by atomic mass is 16.6. The van der Waals surface area contributed by atoms with Gasteiger partial charge in [-0.3, -0.25) is 14.4 Å². The van der Waals surface area contributed by atoms with Crippen molar-refractivity contribution in [2.24, 2.45) is 0 Å². The molecule has 79 heavy (non-hydrogen) atoms. The Hall–Kier alpha value is -2.37. The molecule has 0 rings (SSSR count). The molecule has 0 aromatic carbocycles. The van der Waals surface area contributed by atoms with E-state index in [4.69, 9.17) is 14.2 Å². The number of allylic oxidation sites excluding steroid dienone is 6. The summed E-state index contributed by atoms with van der Waals surface area (Å²) in [6, 6.07) is 0. The van der Waals surface area contributed by atoms with E-state index in [-0.39, 0.29) is 31.1 Å². The van der Waals surface area contributed by atoms with Crippen LogP contribution in [0.15, 0.2) is 36.5 Å². The molecule has 0 radical (unpaired) electrons. The Morgan fingerprint density at radius 3 is 0.709 bits per heavy atom. The summed E-state index contributed by atoms with van der Waals surface area (Å²) in [6.45, 7) is 6.71. The zero-order valence-electron chi connectivity index (χ0n) is 53.4. The Morgan fingerprint density at radius 1 is 0.253 bits per heavy atom. The van der Waals surface area contributed by atoms with Crippen molar-refractivity contribution in [1.82, 2.24) is 0 Å². The molecule has 0 bridgehead atoms. The van der Waals surface area contributed by atoms with Crippen LogP contribution in [-0.2, 0) is 28.6 Å². The van der Waals surface area contributed by atoms with Crippen LogP contribution in [0.2, 0.25) is 0 Å². The number of unbranched alkanes of at least 4 members (excludes halogenated alkanes) is 49. The molecule has 0 spiro atoms. The zero-order valence-corrected chi connectivity index (χ0v) is 53.4. The molecule has 0 N–H and O–H groups in total. The van der Waals surface area contributed by atoms with Crippen LogP contribution in [0, 0.1) is 0 Å². The third kappa shape index (κ3) is 66.3. The fourth-order valence-corrected chi connectivity index (χ4v) is 10.8. The lowest BCUT2D eigenvalue weighted by Crippen LogP contribution is -2.30. The summed E-state index contributed by atoms with van der Waals surface area (Å²) in [5, 5.41) is 0. The SMILES string of the molecule is CCCCCCC/C=C\C/C=C\CCCCCCCCCCCCCC(=O)OCC(COC(=O)CCCCCCCCCCCCCCCCCCC)OC(=O)CCCCCCCCCCC/C=C\CCCCCCCCCC. The van der Waals surface area contributed by atoms with Crippen LogP contribution in [0.4, 0.5) is 0 Å². The summed E-state index contributed by atoms with van der Waals surface area (Å²) in [5.41, 5.74) is 0. The maximum absolute atomic E-state index is 13.0. The van der Waals surface area contributed by atoms with E-state index in [1.165, 1.54) is 289 Å². The van der Waals surface area contributed by atoms with Gasteiger partial charge in [-0.1, -0.05) is 333 Å². The van der Waals surface area contributed by atoms with Crippen molar-refractivity contribution < 1.29 is 28.6 Å². The first-order valence-electron chi connectivity index (χ1n) is 35.5. The van der Waals surface area contributed by atoms with Crippen LogP contribution in [-0.4, -0.2) is 37.2 Å². The Bertz CT molecular complexity index is 1320. The molecule has 1 unspecified atom stereocenters. The molecule has 0 heterocycles. The van der Waals surface area contributed by atoms with Crippen LogP contribution in [0.5, 0.6) is 0 Å². The van der Waals surface area contributed by atoms with E-state index in [0.29, 0.717) is 19.3 Å². The Balaban J connectivity index is 4.31. The molecular weight excluding hydrogens is 973 g/mol. The van der Waals surface area contributed by atoms with Gasteiger partial charge in [0.25, 0.3) is 0 Å². The molecule has 0 fully saturated rings. The predicted molar refractivity (Wildman–Crippen MR) is 344 cm³/mol. The number of carbonyl (C=O) groups is 3. The number of carbonyl (C=O) groups excluding carboxylic acids is 3. The number of rotatable bonds is 66. The van der Waals surface area contributed by atoms with Crippen LogP contribution in [0.1, 0.15) is 393 Å². The molecular formula is C73H136O6. The van der Waals surface area contributed by atoms with Crippen molar-refractivity contribution in [3.8, 4) is 0 Å². The van der Waals surface area contributed by atoms with Gasteiger partial charge in [-0.15, -0.1) is 0 Å². The second-order valence-electron chi connectivity index (χ2n) is 24.1. The molecule has 0 aliphatic carbocycles. The number of hydrogen-bond acceptors (Lipinski definition) is 6. The Morgan fingerprint density at radius 2 is 0.456 bits per heavy atom. The second kappa shape index (κ2) is 68.1. The van der Waals surface area contributed by atoms with E-state index in [1.807, 2.05) is 0 Å². The number of esters is 3. The summed E-state index contributed by atoms with van der Waals surface area (Å²) in [5.74, 6) is -0.842. The molecule has 0 aromatic heterocycles. The normalized spacial score (nSPS) is 12.2. The van der Waals surface area contributed by atoms with Crippen molar-refractivity contribution in [2.45, 2.75) is 399 Å². The first-order chi connectivity index (χ1) is 39.0. The predicted octanol–water partition coefficient (Wildman–Crippen LogP) is 24.3. The van der Waals surface area contributed by atoms with E-state index < -0.39 is 6.10 Å². The molecule has 0 aliphatic heterocycles. The van der Waals surface area contributed by atoms with Gasteiger partial charge in [0.2, 0.25) is 0 Å². The molecule has 6 nitrogen and oxygen atoms in total. The minimum absolute atomic E-state index is 0.0683. The summed E-state index contributed by atoms with van der Waals surface area (Å²) >= 11 is 0. The highest BCUT2D eigenvalue weighted by molar-refractivity contribution is 5.71. The highest BCUT2D eigenvalue weighted by Gasteiger charge is 2.19. The van der Waals surface area contributed by atoms with Crippen molar-refractivity contribution in [1.29, 1.82) is 0 Å². The monoisotopic (exact) mass is 1110 g/mol. The average molecular weight is 1110 g/mol. The maximum Gasteiger partial charge on any atom is 0.306 e. The lowest BCUT2D eigenvalue weighted by Gasteiger charge is -2.18. The zero-order chi connectivity index (χ0) is 57.1. The van der Waals surface area contributed by atoms with Gasteiger partial charge in [0.15, 0.2) is 6.10 Å². The van der Waals surface area contributed by atoms with E-state index in [9.17, 15) is 14.4 Å². The van der Waals surface area contributed by atoms with Crippen molar-refractivity contribution in [3.63, 3.8) is 0 Å². The summed E-state index contributed by atoms with van der Waals surface area (Å²) < 4.78 is 17.0. The van der Waals surface area contributed by atoms with Crippen molar-refractivity contribution in [3.05, 3.63) is 36.5 Å². The molecule has 0 saturated heterocycles. The fourth-order valence-electron chi connectivity index (χ4n) is 10.8. The third-order valence-corrected chi connectivity index (χ3v) is 16.1. The van der Waals surface area contributed by atoms with Gasteiger partial charge in [0.1, 0.15) is 13.2 Å². The van der Waals surface area contributed by atoms with Crippen LogP contribution in [0.3, 0.4) is 0 Å². The minimum atomic E-state index is -0.773. The smallest absolute Gasteiger partial charge is 0.306 e. The summed E-state index contributed by atoms with van der Waals surface area (Å²) in [4.78, 5) is 38.5. The number of ether oxygens (including phenoxy) is 3. The van der Waals surface area contributed by atoms with Gasteiger partial charge >= 0.3 is 17.9 Å². The van der Waals surface area contributed by atoms with E-state index in [2.05, 4.69) is 57.2 Å². The molecule has 0 amide bonds. The van der Waals surface area contributed by atoms with Gasteiger partial charge in [-0.2, -0.15) is 0 Å². The topological polar surface area (TPSA) is 78.9 Å². The van der Waals surface area contributed by atoms with E-state index in [1.54, 1.807) is 0 Å². The van der Waals surface area contributed by atoms with Gasteiger partial charge in [-0.05, 0) is 77.0 Å². The fraction of sp³-hybridized carbons (Fsp3) is 0.877. The molecule has 6 heteroatoms. The van der Waals surface area contributed by atoms with Crippen LogP contribution >= 0.6 is 0 Å². The quantitative estimate of drug-likeness (QED) is 0.0261. The molecule has 0 aromatic rings. The maximum atomic E-state index is 13.0. The summed E-state index contributed by atoms with van der Waals surface area (Å²) in [6.07, 6.45) is 84.5. The standard InChI is InChI=1S/C73H136O6/c1-4-7-10-13-16-19-22-25-28-31-33-35-36-38-39-42-45-48-51-54-57-60-63-66-72(75)78-69-70(68-77-71(74)65-62-59-56-53-50-47-44-41-30-27-24-21-18-15-12-9-6-3)79-73(76)67-64-61-58-55-52-49-46-43-40-37-34-32-29-26-23-20-17-14-11-8-5-2/h22,25,31-34,70H,4-21,23-24,26-30,35-69H2,1-3H3/b25-22-,33-31-,34-32-. The lowest BCUT2D eigenvalue weighted by molar-refractivity contribution is -0.167. The second-order valence-corrected chi connectivity index (χ2v) is 24.1. The molecule has 0 saturated carbocycles. The molecule has 0 aliphatic rings. The average Bonchev–Trinajstić information content (AvgIpc) is 3.45. The van der Waals surface area contributed by atoms with Crippen molar-refractivity contribution >= 4 is 17.9 Å².